The molecule has 0 saturated carbocycles. The molecule has 3 aromatic rings. The highest BCUT2D eigenvalue weighted by Crippen LogP contribution is 2.36. The number of amides is 4. The Labute approximate surface area is 270 Å². The van der Waals surface area contributed by atoms with Crippen molar-refractivity contribution in [3.05, 3.63) is 77.4 Å². The first kappa shape index (κ1) is 32.7. The molecule has 11 nitrogen and oxygen atoms in total. The maximum atomic E-state index is 14.1. The number of aryl methyl sites for hydroxylation is 2. The van der Waals surface area contributed by atoms with Crippen LogP contribution < -0.4 is 10.6 Å². The first-order chi connectivity index (χ1) is 22.2. The lowest BCUT2D eigenvalue weighted by Crippen LogP contribution is -2.60. The number of rotatable bonds is 5. The Morgan fingerprint density at radius 3 is 2.61 bits per heavy atom. The molecule has 2 aliphatic rings. The van der Waals surface area contributed by atoms with Gasteiger partial charge >= 0.3 is 0 Å². The molecule has 1 saturated heterocycles. The molecule has 1 aliphatic carbocycles. The van der Waals surface area contributed by atoms with Gasteiger partial charge in [-0.05, 0) is 68.2 Å². The molecule has 1 atom stereocenters. The predicted octanol–water partition coefficient (Wildman–Crippen LogP) is 3.42. The van der Waals surface area contributed by atoms with Crippen molar-refractivity contribution in [2.24, 2.45) is 5.92 Å². The van der Waals surface area contributed by atoms with Gasteiger partial charge in [-0.25, -0.2) is 9.97 Å². The van der Waals surface area contributed by atoms with Crippen LogP contribution in [0, 0.1) is 12.8 Å². The average Bonchev–Trinajstić information content (AvgIpc) is 3.05. The highest BCUT2D eigenvalue weighted by atomic mass is 16.2. The highest BCUT2D eigenvalue weighted by Gasteiger charge is 2.45. The minimum atomic E-state index is -1.27. The number of carbonyl (C=O) groups is 4. The molecule has 1 aromatic carbocycles. The van der Waals surface area contributed by atoms with Gasteiger partial charge in [-0.3, -0.25) is 24.2 Å². The average molecular weight is 626 g/mol. The summed E-state index contributed by atoms with van der Waals surface area (Å²) < 4.78 is 0. The highest BCUT2D eigenvalue weighted by molar-refractivity contribution is 5.96. The number of hydrogen-bond donors (Lipinski definition) is 2. The number of nitrogens with one attached hydrogen (secondary N) is 2. The van der Waals surface area contributed by atoms with Crippen LogP contribution in [0.25, 0.3) is 11.4 Å². The van der Waals surface area contributed by atoms with Gasteiger partial charge in [0.25, 0.3) is 11.8 Å². The van der Waals surface area contributed by atoms with Crippen molar-refractivity contribution in [3.63, 3.8) is 0 Å². The van der Waals surface area contributed by atoms with Gasteiger partial charge in [0, 0.05) is 56.8 Å². The normalized spacial score (nSPS) is 19.8. The van der Waals surface area contributed by atoms with E-state index in [9.17, 15) is 19.2 Å². The maximum absolute atomic E-state index is 14.1. The van der Waals surface area contributed by atoms with Gasteiger partial charge < -0.3 is 20.4 Å². The molecule has 0 bridgehead atoms. The number of aromatic nitrogens is 3. The molecule has 1 aliphatic heterocycles. The third kappa shape index (κ3) is 7.41. The second-order valence-electron chi connectivity index (χ2n) is 12.5. The van der Waals surface area contributed by atoms with E-state index in [1.807, 2.05) is 30.3 Å². The van der Waals surface area contributed by atoms with Crippen molar-refractivity contribution in [3.8, 4) is 11.4 Å². The number of nitrogens with zero attached hydrogens (tertiary/aromatic N) is 5. The lowest BCUT2D eigenvalue weighted by molar-refractivity contribution is -0.139. The van der Waals surface area contributed by atoms with E-state index in [1.54, 1.807) is 35.2 Å². The molecule has 0 radical (unpaired) electrons. The van der Waals surface area contributed by atoms with E-state index in [2.05, 4.69) is 39.4 Å². The molecule has 2 N–H and O–H groups in total. The zero-order chi connectivity index (χ0) is 32.7. The Balaban J connectivity index is 1.43. The summed E-state index contributed by atoms with van der Waals surface area (Å²) >= 11 is 0. The van der Waals surface area contributed by atoms with Crippen molar-refractivity contribution in [2.45, 2.75) is 64.8 Å². The molecule has 1 spiro atoms. The van der Waals surface area contributed by atoms with Crippen LogP contribution in [-0.2, 0) is 26.3 Å². The Morgan fingerprint density at radius 2 is 1.85 bits per heavy atom. The van der Waals surface area contributed by atoms with Crippen molar-refractivity contribution in [1.29, 1.82) is 0 Å². The van der Waals surface area contributed by atoms with E-state index in [4.69, 9.17) is 0 Å². The zero-order valence-corrected chi connectivity index (χ0v) is 26.9. The Morgan fingerprint density at radius 1 is 1.02 bits per heavy atom. The van der Waals surface area contributed by atoms with E-state index in [0.717, 1.165) is 36.0 Å². The van der Waals surface area contributed by atoms with Crippen LogP contribution in [0.2, 0.25) is 0 Å². The molecule has 46 heavy (non-hydrogen) atoms. The fraction of sp³-hybridized carbons (Fsp3) is 0.457. The van der Waals surface area contributed by atoms with Crippen molar-refractivity contribution in [1.82, 2.24) is 35.4 Å². The number of fused-ring (bicyclic) bond motifs is 2. The predicted molar refractivity (Wildman–Crippen MR) is 173 cm³/mol. The lowest BCUT2D eigenvalue weighted by Gasteiger charge is -2.39. The number of hydrogen-bond acceptors (Lipinski definition) is 7. The van der Waals surface area contributed by atoms with Crippen molar-refractivity contribution >= 4 is 23.6 Å². The second kappa shape index (κ2) is 14.6. The Bertz CT molecular complexity index is 1580. The van der Waals surface area contributed by atoms with Gasteiger partial charge in [-0.15, -0.1) is 0 Å². The molecule has 242 valence electrons. The van der Waals surface area contributed by atoms with Gasteiger partial charge in [0.1, 0.15) is 5.54 Å². The summed E-state index contributed by atoms with van der Waals surface area (Å²) in [6, 6.07) is 11.4. The summed E-state index contributed by atoms with van der Waals surface area (Å²) in [7, 11) is 0. The molecule has 2 aromatic heterocycles. The van der Waals surface area contributed by atoms with E-state index in [-0.39, 0.29) is 49.7 Å². The maximum Gasteiger partial charge on any atom is 0.257 e. The molecule has 1 unspecified atom stereocenters. The zero-order valence-electron chi connectivity index (χ0n) is 26.9. The van der Waals surface area contributed by atoms with Crippen molar-refractivity contribution in [2.75, 3.05) is 32.7 Å². The first-order valence-electron chi connectivity index (χ1n) is 16.2. The molecule has 4 amide bonds. The summed E-state index contributed by atoms with van der Waals surface area (Å²) in [5, 5.41) is 6.10. The van der Waals surface area contributed by atoms with Crippen LogP contribution >= 0.6 is 0 Å². The summed E-state index contributed by atoms with van der Waals surface area (Å²) in [6.07, 6.45) is 8.17. The number of benzene rings is 1. The largest absolute Gasteiger partial charge is 0.352 e. The van der Waals surface area contributed by atoms with Gasteiger partial charge in [-0.1, -0.05) is 38.1 Å². The summed E-state index contributed by atoms with van der Waals surface area (Å²) in [5.41, 5.74) is 2.14. The summed E-state index contributed by atoms with van der Waals surface area (Å²) in [4.78, 5) is 71.4. The smallest absolute Gasteiger partial charge is 0.257 e. The SMILES string of the molecule is Cc1nc(-c2cccnc2)ncc1C(=O)N1CCCC(=O)N(CCC(C)C)CC(=O)NC2(CCCc3ccccc32)C(=O)NCC1. The fourth-order valence-electron chi connectivity index (χ4n) is 6.24. The van der Waals surface area contributed by atoms with Crippen LogP contribution in [0.4, 0.5) is 0 Å². The minimum absolute atomic E-state index is 0.134. The van der Waals surface area contributed by atoms with Crippen molar-refractivity contribution < 1.29 is 19.2 Å². The van der Waals surface area contributed by atoms with Crippen LogP contribution in [0.3, 0.4) is 0 Å². The first-order valence-corrected chi connectivity index (χ1v) is 16.2. The Kier molecular flexibility index (Phi) is 10.4. The number of pyridine rings is 1. The lowest BCUT2D eigenvalue weighted by atomic mass is 9.75. The van der Waals surface area contributed by atoms with Gasteiger partial charge in [0.2, 0.25) is 11.8 Å². The standard InChI is InChI=1S/C35H43N7O4/c1-24(2)14-19-42-23-30(43)40-35(15-6-10-26-9-4-5-12-29(26)35)34(46)37-17-20-41(18-8-13-31(42)44)33(45)28-22-38-32(39-25(28)3)27-11-7-16-36-21-27/h4-5,7,9,11-12,16,21-22,24H,6,8,10,13-15,17-20,23H2,1-3H3,(H,37,46)(H,40,43). The number of carbonyl (C=O) groups excluding carboxylic acids is 4. The van der Waals surface area contributed by atoms with E-state index in [0.29, 0.717) is 48.9 Å². The minimum Gasteiger partial charge on any atom is -0.352 e. The van der Waals surface area contributed by atoms with Crippen LogP contribution in [0.5, 0.6) is 0 Å². The second-order valence-corrected chi connectivity index (χ2v) is 12.5. The Hall–Kier alpha value is -4.67. The summed E-state index contributed by atoms with van der Waals surface area (Å²) in [6.45, 7) is 6.90. The monoisotopic (exact) mass is 625 g/mol. The third-order valence-corrected chi connectivity index (χ3v) is 8.78. The molecule has 1 fully saturated rings. The third-order valence-electron chi connectivity index (χ3n) is 8.78. The van der Waals surface area contributed by atoms with E-state index in [1.165, 1.54) is 6.20 Å². The van der Waals surface area contributed by atoms with Gasteiger partial charge in [-0.2, -0.15) is 0 Å². The molecule has 11 heteroatoms. The van der Waals surface area contributed by atoms with Gasteiger partial charge in [0.05, 0.1) is 17.8 Å². The van der Waals surface area contributed by atoms with Crippen LogP contribution in [0.1, 0.15) is 73.1 Å². The summed E-state index contributed by atoms with van der Waals surface area (Å²) in [5.74, 6) is -0.284. The van der Waals surface area contributed by atoms with Crippen LogP contribution in [-0.4, -0.2) is 81.1 Å². The van der Waals surface area contributed by atoms with Crippen LogP contribution in [0.15, 0.2) is 55.0 Å². The molecular formula is C35H43N7O4. The molecular weight excluding hydrogens is 582 g/mol. The van der Waals surface area contributed by atoms with Gasteiger partial charge in [0.15, 0.2) is 5.82 Å². The quantitative estimate of drug-likeness (QED) is 0.443. The molecule has 5 rings (SSSR count). The molecule has 3 heterocycles. The van der Waals surface area contributed by atoms with E-state index >= 15 is 0 Å². The topological polar surface area (TPSA) is 137 Å². The van der Waals surface area contributed by atoms with E-state index < -0.39 is 5.54 Å². The fourth-order valence-corrected chi connectivity index (χ4v) is 6.24.